The van der Waals surface area contributed by atoms with Crippen molar-refractivity contribution in [2.75, 3.05) is 0 Å². The van der Waals surface area contributed by atoms with E-state index in [1.165, 1.54) is 6.20 Å². The molecule has 0 atom stereocenters. The van der Waals surface area contributed by atoms with Gasteiger partial charge in [-0.2, -0.15) is 0 Å². The molecule has 0 saturated carbocycles. The first-order valence-corrected chi connectivity index (χ1v) is 5.84. The van der Waals surface area contributed by atoms with E-state index in [1.54, 1.807) is 6.20 Å². The highest BCUT2D eigenvalue weighted by atomic mass is 35.5. The van der Waals surface area contributed by atoms with Crippen molar-refractivity contribution in [1.29, 1.82) is 0 Å². The monoisotopic (exact) mass is 256 g/mol. The predicted molar refractivity (Wildman–Crippen MR) is 71.1 cm³/mol. The summed E-state index contributed by atoms with van der Waals surface area (Å²) in [4.78, 5) is 7.95. The zero-order valence-corrected chi connectivity index (χ0v) is 10.1. The molecule has 4 heteroatoms. The number of fused-ring (bicyclic) bond motifs is 1. The highest BCUT2D eigenvalue weighted by Crippen LogP contribution is 2.27. The van der Waals surface area contributed by atoms with E-state index >= 15 is 0 Å². The van der Waals surface area contributed by atoms with Crippen molar-refractivity contribution in [2.24, 2.45) is 0 Å². The SMILES string of the molecule is Clc1nccnc1Oc1ccc2ccccc2c1. The molecule has 0 aliphatic rings. The molecule has 0 fully saturated rings. The lowest BCUT2D eigenvalue weighted by Crippen LogP contribution is -1.90. The highest BCUT2D eigenvalue weighted by molar-refractivity contribution is 6.30. The van der Waals surface area contributed by atoms with E-state index in [4.69, 9.17) is 16.3 Å². The second-order valence-electron chi connectivity index (χ2n) is 3.76. The molecule has 3 rings (SSSR count). The quantitative estimate of drug-likeness (QED) is 0.693. The molecule has 0 radical (unpaired) electrons. The number of hydrogen-bond acceptors (Lipinski definition) is 3. The molecule has 0 spiro atoms. The van der Waals surface area contributed by atoms with Crippen LogP contribution in [0.25, 0.3) is 10.8 Å². The Morgan fingerprint density at radius 2 is 1.67 bits per heavy atom. The van der Waals surface area contributed by atoms with Gasteiger partial charge < -0.3 is 4.74 Å². The minimum absolute atomic E-state index is 0.255. The highest BCUT2D eigenvalue weighted by Gasteiger charge is 2.05. The number of hydrogen-bond donors (Lipinski definition) is 0. The molecule has 0 aliphatic carbocycles. The summed E-state index contributed by atoms with van der Waals surface area (Å²) in [5.74, 6) is 1.01. The molecule has 88 valence electrons. The number of halogens is 1. The van der Waals surface area contributed by atoms with Gasteiger partial charge in [0.25, 0.3) is 5.88 Å². The van der Waals surface area contributed by atoms with Crippen LogP contribution in [0.4, 0.5) is 0 Å². The van der Waals surface area contributed by atoms with Gasteiger partial charge in [0, 0.05) is 12.4 Å². The van der Waals surface area contributed by atoms with Gasteiger partial charge in [0.2, 0.25) is 0 Å². The van der Waals surface area contributed by atoms with Crippen LogP contribution in [0.5, 0.6) is 11.6 Å². The molecule has 3 aromatic rings. The first-order chi connectivity index (χ1) is 8.83. The fourth-order valence-corrected chi connectivity index (χ4v) is 1.86. The third-order valence-corrected chi connectivity index (χ3v) is 2.82. The Bertz CT molecular complexity index is 700. The van der Waals surface area contributed by atoms with E-state index < -0.39 is 0 Å². The molecule has 3 nitrogen and oxygen atoms in total. The Labute approximate surface area is 109 Å². The number of nitrogens with zero attached hydrogens (tertiary/aromatic N) is 2. The van der Waals surface area contributed by atoms with E-state index in [9.17, 15) is 0 Å². The van der Waals surface area contributed by atoms with Crippen LogP contribution in [-0.2, 0) is 0 Å². The van der Waals surface area contributed by atoms with Crippen molar-refractivity contribution < 1.29 is 4.74 Å². The fraction of sp³-hybridized carbons (Fsp3) is 0. The van der Waals surface area contributed by atoms with Gasteiger partial charge in [-0.15, -0.1) is 0 Å². The summed E-state index contributed by atoms with van der Waals surface area (Å²) in [5, 5.41) is 2.52. The summed E-state index contributed by atoms with van der Waals surface area (Å²) in [6, 6.07) is 13.9. The van der Waals surface area contributed by atoms with Crippen LogP contribution in [0.2, 0.25) is 5.15 Å². The first kappa shape index (κ1) is 11.0. The molecule has 0 saturated heterocycles. The summed E-state index contributed by atoms with van der Waals surface area (Å²) in [5.41, 5.74) is 0. The molecular formula is C14H9ClN2O. The summed E-state index contributed by atoms with van der Waals surface area (Å²) in [6.45, 7) is 0. The summed E-state index contributed by atoms with van der Waals surface area (Å²) in [7, 11) is 0. The van der Waals surface area contributed by atoms with Crippen LogP contribution in [-0.4, -0.2) is 9.97 Å². The maximum Gasteiger partial charge on any atom is 0.257 e. The minimum atomic E-state index is 0.255. The van der Waals surface area contributed by atoms with Crippen LogP contribution >= 0.6 is 11.6 Å². The second kappa shape index (κ2) is 4.63. The van der Waals surface area contributed by atoms with Gasteiger partial charge in [0.05, 0.1) is 0 Å². The Kier molecular flexibility index (Phi) is 2.82. The summed E-state index contributed by atoms with van der Waals surface area (Å²) >= 11 is 5.89. The largest absolute Gasteiger partial charge is 0.436 e. The smallest absolute Gasteiger partial charge is 0.257 e. The molecule has 0 unspecified atom stereocenters. The van der Waals surface area contributed by atoms with Gasteiger partial charge in [0.15, 0.2) is 5.15 Å². The van der Waals surface area contributed by atoms with Crippen molar-refractivity contribution in [3.8, 4) is 11.6 Å². The molecule has 18 heavy (non-hydrogen) atoms. The normalized spacial score (nSPS) is 10.5. The van der Waals surface area contributed by atoms with Crippen molar-refractivity contribution in [3.63, 3.8) is 0 Å². The van der Waals surface area contributed by atoms with E-state index in [0.717, 1.165) is 10.8 Å². The Morgan fingerprint density at radius 3 is 2.50 bits per heavy atom. The van der Waals surface area contributed by atoms with Gasteiger partial charge in [0.1, 0.15) is 5.75 Å². The van der Waals surface area contributed by atoms with Crippen LogP contribution in [0.3, 0.4) is 0 Å². The van der Waals surface area contributed by atoms with E-state index in [-0.39, 0.29) is 5.15 Å². The second-order valence-corrected chi connectivity index (χ2v) is 4.12. The zero-order chi connectivity index (χ0) is 12.4. The molecule has 0 aliphatic heterocycles. The van der Waals surface area contributed by atoms with Gasteiger partial charge in [-0.1, -0.05) is 41.9 Å². The van der Waals surface area contributed by atoms with Gasteiger partial charge in [-0.3, -0.25) is 0 Å². The fourth-order valence-electron chi connectivity index (χ4n) is 1.72. The zero-order valence-electron chi connectivity index (χ0n) is 9.38. The van der Waals surface area contributed by atoms with Gasteiger partial charge in [-0.25, -0.2) is 9.97 Å². The van der Waals surface area contributed by atoms with E-state index in [0.29, 0.717) is 11.6 Å². The molecule has 0 N–H and O–H groups in total. The van der Waals surface area contributed by atoms with Crippen LogP contribution in [0.1, 0.15) is 0 Å². The third-order valence-electron chi connectivity index (χ3n) is 2.56. The standard InChI is InChI=1S/C14H9ClN2O/c15-13-14(17-8-7-16-13)18-12-6-5-10-3-1-2-4-11(10)9-12/h1-9H. The van der Waals surface area contributed by atoms with E-state index in [1.807, 2.05) is 36.4 Å². The van der Waals surface area contributed by atoms with Crippen molar-refractivity contribution >= 4 is 22.4 Å². The molecule has 0 bridgehead atoms. The van der Waals surface area contributed by atoms with Gasteiger partial charge in [-0.05, 0) is 22.9 Å². The Morgan fingerprint density at radius 1 is 0.889 bits per heavy atom. The molecule has 1 aromatic heterocycles. The third kappa shape index (κ3) is 2.13. The predicted octanol–water partition coefficient (Wildman–Crippen LogP) is 4.08. The van der Waals surface area contributed by atoms with Crippen LogP contribution in [0, 0.1) is 0 Å². The molecule has 2 aromatic carbocycles. The molecular weight excluding hydrogens is 248 g/mol. The lowest BCUT2D eigenvalue weighted by molar-refractivity contribution is 0.461. The number of aromatic nitrogens is 2. The van der Waals surface area contributed by atoms with Crippen molar-refractivity contribution in [2.45, 2.75) is 0 Å². The van der Waals surface area contributed by atoms with Crippen molar-refractivity contribution in [1.82, 2.24) is 9.97 Å². The molecule has 0 amide bonds. The van der Waals surface area contributed by atoms with Crippen molar-refractivity contribution in [3.05, 3.63) is 60.0 Å². The number of ether oxygens (including phenoxy) is 1. The van der Waals surface area contributed by atoms with Crippen LogP contribution in [0.15, 0.2) is 54.9 Å². The summed E-state index contributed by atoms with van der Waals surface area (Å²) < 4.78 is 5.61. The minimum Gasteiger partial charge on any atom is -0.436 e. The van der Waals surface area contributed by atoms with Gasteiger partial charge >= 0.3 is 0 Å². The summed E-state index contributed by atoms with van der Waals surface area (Å²) in [6.07, 6.45) is 3.07. The number of rotatable bonds is 2. The Hall–Kier alpha value is -2.13. The topological polar surface area (TPSA) is 35.0 Å². The Balaban J connectivity index is 1.98. The van der Waals surface area contributed by atoms with E-state index in [2.05, 4.69) is 16.0 Å². The number of benzene rings is 2. The van der Waals surface area contributed by atoms with Crippen LogP contribution < -0.4 is 4.74 Å². The average molecular weight is 257 g/mol. The maximum absolute atomic E-state index is 5.89. The average Bonchev–Trinajstić information content (AvgIpc) is 2.41. The first-order valence-electron chi connectivity index (χ1n) is 5.46. The maximum atomic E-state index is 5.89. The lowest BCUT2D eigenvalue weighted by Gasteiger charge is -2.06. The lowest BCUT2D eigenvalue weighted by atomic mass is 10.1. The molecule has 1 heterocycles.